The van der Waals surface area contributed by atoms with Gasteiger partial charge in [-0.05, 0) is 73.7 Å². The molecule has 1 aliphatic rings. The van der Waals surface area contributed by atoms with Crippen molar-refractivity contribution in [2.45, 2.75) is 25.7 Å². The van der Waals surface area contributed by atoms with E-state index in [1.54, 1.807) is 30.3 Å². The van der Waals surface area contributed by atoms with Crippen LogP contribution in [0.25, 0.3) is 22.2 Å². The van der Waals surface area contributed by atoms with Crippen LogP contribution >= 0.6 is 22.9 Å². The third-order valence-electron chi connectivity index (χ3n) is 5.36. The Bertz CT molecular complexity index is 1310. The molecule has 4 aromatic rings. The first kappa shape index (κ1) is 18.9. The van der Waals surface area contributed by atoms with Crippen molar-refractivity contribution in [3.8, 4) is 17.4 Å². The maximum absolute atomic E-state index is 13.0. The average Bonchev–Trinajstić information content (AvgIpc) is 3.34. The minimum atomic E-state index is -0.254. The number of halogens is 1. The van der Waals surface area contributed by atoms with Crippen LogP contribution in [-0.2, 0) is 12.8 Å². The zero-order valence-corrected chi connectivity index (χ0v) is 17.4. The van der Waals surface area contributed by atoms with Crippen LogP contribution < -0.4 is 5.32 Å². The van der Waals surface area contributed by atoms with Gasteiger partial charge in [-0.25, -0.2) is 0 Å². The van der Waals surface area contributed by atoms with E-state index in [9.17, 15) is 10.1 Å². The molecule has 30 heavy (non-hydrogen) atoms. The third-order valence-corrected chi connectivity index (χ3v) is 6.81. The molecule has 0 spiro atoms. The molecule has 0 unspecified atom stereocenters. The highest BCUT2D eigenvalue weighted by Gasteiger charge is 2.22. The molecule has 0 saturated carbocycles. The normalized spacial score (nSPS) is 13.1. The molecule has 2 aromatic heterocycles. The summed E-state index contributed by atoms with van der Waals surface area (Å²) in [7, 11) is 0. The smallest absolute Gasteiger partial charge is 0.256 e. The van der Waals surface area contributed by atoms with E-state index in [1.807, 2.05) is 12.1 Å². The number of carbonyl (C=O) groups is 1. The van der Waals surface area contributed by atoms with Crippen molar-refractivity contribution in [1.82, 2.24) is 5.16 Å². The highest BCUT2D eigenvalue weighted by atomic mass is 35.5. The molecule has 5 nitrogen and oxygen atoms in total. The molecule has 0 bridgehead atoms. The maximum atomic E-state index is 13.0. The van der Waals surface area contributed by atoms with Gasteiger partial charge >= 0.3 is 0 Å². The number of anilines is 1. The van der Waals surface area contributed by atoms with E-state index in [-0.39, 0.29) is 5.91 Å². The Morgan fingerprint density at radius 1 is 1.17 bits per heavy atom. The van der Waals surface area contributed by atoms with Crippen LogP contribution in [0, 0.1) is 11.3 Å². The molecular weight excluding hydrogens is 418 g/mol. The number of aromatic nitrogens is 1. The van der Waals surface area contributed by atoms with E-state index in [1.165, 1.54) is 16.2 Å². The summed E-state index contributed by atoms with van der Waals surface area (Å²) >= 11 is 7.49. The van der Waals surface area contributed by atoms with Crippen LogP contribution in [0.15, 0.2) is 47.0 Å². The largest absolute Gasteiger partial charge is 0.355 e. The van der Waals surface area contributed by atoms with Crippen LogP contribution in [0.2, 0.25) is 5.02 Å². The van der Waals surface area contributed by atoms with Gasteiger partial charge in [-0.3, -0.25) is 4.79 Å². The molecule has 2 aromatic carbocycles. The summed E-state index contributed by atoms with van der Waals surface area (Å²) in [5, 5.41) is 18.7. The van der Waals surface area contributed by atoms with E-state index >= 15 is 0 Å². The standard InChI is InChI=1S/C23H16ClN3O2S/c24-15-8-5-13(6-9-15)21-17-11-14(7-10-19(17)27-29-21)22(28)26-23-18(12-25)16-3-1-2-4-20(16)30-23/h5-11H,1-4H2,(H,26,28). The number of nitrogens with one attached hydrogen (secondary N) is 1. The fourth-order valence-electron chi connectivity index (χ4n) is 3.84. The van der Waals surface area contributed by atoms with E-state index in [0.717, 1.165) is 42.2 Å². The van der Waals surface area contributed by atoms with Crippen LogP contribution in [0.4, 0.5) is 5.00 Å². The summed E-state index contributed by atoms with van der Waals surface area (Å²) in [4.78, 5) is 14.2. The first-order chi connectivity index (χ1) is 14.6. The SMILES string of the molecule is N#Cc1c(NC(=O)c2ccc3noc(-c4ccc(Cl)cc4)c3c2)sc2c1CCCC2. The number of rotatable bonds is 3. The summed E-state index contributed by atoms with van der Waals surface area (Å²) in [6.07, 6.45) is 4.09. The van der Waals surface area contributed by atoms with Crippen molar-refractivity contribution in [3.63, 3.8) is 0 Å². The maximum Gasteiger partial charge on any atom is 0.256 e. The molecule has 0 radical (unpaired) electrons. The number of hydrogen-bond donors (Lipinski definition) is 1. The molecule has 2 heterocycles. The first-order valence-electron chi connectivity index (χ1n) is 9.65. The van der Waals surface area contributed by atoms with Gasteiger partial charge in [0.05, 0.1) is 10.9 Å². The van der Waals surface area contributed by atoms with Crippen LogP contribution in [0.5, 0.6) is 0 Å². The van der Waals surface area contributed by atoms with E-state index in [0.29, 0.717) is 32.4 Å². The Labute approximate surface area is 181 Å². The quantitative estimate of drug-likeness (QED) is 0.416. The van der Waals surface area contributed by atoms with E-state index in [2.05, 4.69) is 16.5 Å². The number of aryl methyl sites for hydroxylation is 1. The summed E-state index contributed by atoms with van der Waals surface area (Å²) in [6.45, 7) is 0. The molecule has 0 atom stereocenters. The summed E-state index contributed by atoms with van der Waals surface area (Å²) in [5.41, 5.74) is 3.69. The van der Waals surface area contributed by atoms with Gasteiger partial charge in [-0.1, -0.05) is 16.8 Å². The molecule has 0 fully saturated rings. The number of hydrogen-bond acceptors (Lipinski definition) is 5. The summed E-state index contributed by atoms with van der Waals surface area (Å²) in [6, 6.07) is 14.8. The zero-order chi connectivity index (χ0) is 20.7. The monoisotopic (exact) mass is 433 g/mol. The number of thiophene rings is 1. The highest BCUT2D eigenvalue weighted by Crippen LogP contribution is 2.38. The first-order valence-corrected chi connectivity index (χ1v) is 10.8. The number of benzene rings is 2. The fraction of sp³-hybridized carbons (Fsp3) is 0.174. The van der Waals surface area contributed by atoms with Gasteiger partial charge in [-0.15, -0.1) is 11.3 Å². The lowest BCUT2D eigenvalue weighted by Crippen LogP contribution is -2.11. The molecule has 7 heteroatoms. The molecule has 148 valence electrons. The van der Waals surface area contributed by atoms with Crippen LogP contribution in [-0.4, -0.2) is 11.1 Å². The van der Waals surface area contributed by atoms with Gasteiger partial charge in [0, 0.05) is 21.0 Å². The Morgan fingerprint density at radius 2 is 1.97 bits per heavy atom. The fourth-order valence-corrected chi connectivity index (χ4v) is 5.20. The molecule has 0 aliphatic heterocycles. The minimum Gasteiger partial charge on any atom is -0.355 e. The Hall–Kier alpha value is -3.14. The van der Waals surface area contributed by atoms with Gasteiger partial charge in [0.2, 0.25) is 0 Å². The topological polar surface area (TPSA) is 78.9 Å². The van der Waals surface area contributed by atoms with E-state index < -0.39 is 0 Å². The van der Waals surface area contributed by atoms with Crippen molar-refractivity contribution in [1.29, 1.82) is 5.26 Å². The zero-order valence-electron chi connectivity index (χ0n) is 15.9. The second-order valence-corrected chi connectivity index (χ2v) is 8.77. The second kappa shape index (κ2) is 7.60. The molecule has 1 aliphatic carbocycles. The number of nitriles is 1. The summed E-state index contributed by atoms with van der Waals surface area (Å²) in [5.74, 6) is 0.330. The highest BCUT2D eigenvalue weighted by molar-refractivity contribution is 7.16. The van der Waals surface area contributed by atoms with Gasteiger partial charge in [0.25, 0.3) is 5.91 Å². The Balaban J connectivity index is 1.49. The molecule has 5 rings (SSSR count). The van der Waals surface area contributed by atoms with Gasteiger partial charge in [0.15, 0.2) is 5.76 Å². The molecule has 0 saturated heterocycles. The van der Waals surface area contributed by atoms with E-state index in [4.69, 9.17) is 16.1 Å². The predicted octanol–water partition coefficient (Wildman–Crippen LogP) is 6.21. The van der Waals surface area contributed by atoms with Crippen LogP contribution in [0.3, 0.4) is 0 Å². The average molecular weight is 434 g/mol. The number of carbonyl (C=O) groups excluding carboxylic acids is 1. The van der Waals surface area contributed by atoms with Crippen molar-refractivity contribution < 1.29 is 9.32 Å². The van der Waals surface area contributed by atoms with Gasteiger partial charge in [0.1, 0.15) is 16.6 Å². The van der Waals surface area contributed by atoms with Crippen molar-refractivity contribution in [3.05, 3.63) is 69.1 Å². The predicted molar refractivity (Wildman–Crippen MR) is 118 cm³/mol. The molecular formula is C23H16ClN3O2S. The Morgan fingerprint density at radius 3 is 2.77 bits per heavy atom. The van der Waals surface area contributed by atoms with Gasteiger partial charge in [-0.2, -0.15) is 5.26 Å². The van der Waals surface area contributed by atoms with Gasteiger partial charge < -0.3 is 9.84 Å². The van der Waals surface area contributed by atoms with Crippen molar-refractivity contribution in [2.75, 3.05) is 5.32 Å². The second-order valence-electron chi connectivity index (χ2n) is 7.23. The molecule has 1 amide bonds. The Kier molecular flexibility index (Phi) is 4.78. The van der Waals surface area contributed by atoms with Crippen molar-refractivity contribution in [2.24, 2.45) is 0 Å². The molecule has 1 N–H and O–H groups in total. The minimum absolute atomic E-state index is 0.254. The lowest BCUT2D eigenvalue weighted by molar-refractivity contribution is 0.102. The number of amides is 1. The lowest BCUT2D eigenvalue weighted by atomic mass is 9.96. The summed E-state index contributed by atoms with van der Waals surface area (Å²) < 4.78 is 5.52. The number of nitrogens with zero attached hydrogens (tertiary/aromatic N) is 2. The van der Waals surface area contributed by atoms with Crippen LogP contribution in [0.1, 0.15) is 39.2 Å². The lowest BCUT2D eigenvalue weighted by Gasteiger charge is -2.09. The van der Waals surface area contributed by atoms with Crippen molar-refractivity contribution >= 4 is 44.7 Å². The third kappa shape index (κ3) is 3.26. The number of fused-ring (bicyclic) bond motifs is 2.